The maximum atomic E-state index is 13.1. The molecule has 5 aromatic heterocycles. The molecular weight excluding hydrogens is 1920 g/mol. The first kappa shape index (κ1) is 106. The zero-order valence-electron chi connectivity index (χ0n) is 81.8. The Balaban J connectivity index is 0.000000137. The van der Waals surface area contributed by atoms with Gasteiger partial charge >= 0.3 is 36.3 Å². The number of carbonyl (C=O) groups excluding carboxylic acids is 10. The van der Waals surface area contributed by atoms with Crippen LogP contribution in [0.15, 0.2) is 225 Å². The molecule has 2 saturated carbocycles. The number of Topliss-reactive ketones (excluding diaryl/α,β-unsaturated/α-hetero) is 5. The van der Waals surface area contributed by atoms with Crippen molar-refractivity contribution in [1.29, 1.82) is 0 Å². The Morgan fingerprint density at radius 2 is 0.634 bits per heavy atom. The summed E-state index contributed by atoms with van der Waals surface area (Å²) < 4.78 is 75.7. The second kappa shape index (κ2) is 49.1. The van der Waals surface area contributed by atoms with Gasteiger partial charge < -0.3 is 48.2 Å². The van der Waals surface area contributed by atoms with Crippen molar-refractivity contribution < 1.29 is 84.8 Å². The highest BCUT2D eigenvalue weighted by molar-refractivity contribution is 6.31. The van der Waals surface area contributed by atoms with Gasteiger partial charge in [-0.3, -0.25) is 24.0 Å². The average Bonchev–Trinajstić information content (AvgIpc) is 1.64. The third-order valence-electron chi connectivity index (χ3n) is 27.0. The van der Waals surface area contributed by atoms with Gasteiger partial charge in [0.1, 0.15) is 28.5 Å². The molecule has 0 bridgehead atoms. The smallest absolute Gasteiger partial charge is 0.374 e. The molecule has 145 heavy (non-hydrogen) atoms. The summed E-state index contributed by atoms with van der Waals surface area (Å²) in [5, 5.41) is 21.9. The lowest BCUT2D eigenvalue weighted by Crippen LogP contribution is -2.43. The van der Waals surface area contributed by atoms with Crippen molar-refractivity contribution in [2.24, 2.45) is 23.7 Å². The minimum absolute atomic E-state index is 0.0168. The molecule has 5 saturated heterocycles. The third kappa shape index (κ3) is 28.7. The van der Waals surface area contributed by atoms with E-state index in [9.17, 15) is 61.1 Å². The summed E-state index contributed by atoms with van der Waals surface area (Å²) in [6.45, 7) is 19.2. The van der Waals surface area contributed by atoms with Crippen LogP contribution in [0.1, 0.15) is 196 Å². The number of amides is 5. The molecule has 0 N–H and O–H groups in total. The number of alkyl halides is 3. The fourth-order valence-corrected chi connectivity index (χ4v) is 19.8. The van der Waals surface area contributed by atoms with E-state index in [-0.39, 0.29) is 112 Å². The quantitative estimate of drug-likeness (QED) is 0.0569. The van der Waals surface area contributed by atoms with E-state index in [0.29, 0.717) is 130 Å². The van der Waals surface area contributed by atoms with E-state index < -0.39 is 11.7 Å². The lowest BCUT2D eigenvalue weighted by atomic mass is 10.0. The monoisotopic (exact) mass is 2040 g/mol. The van der Waals surface area contributed by atoms with Crippen LogP contribution in [-0.2, 0) is 62.9 Å². The molecule has 7 fully saturated rings. The number of ketones is 5. The van der Waals surface area contributed by atoms with Crippen LogP contribution < -0.4 is 0 Å². The lowest BCUT2D eigenvalue weighted by molar-refractivity contribution is -0.139. The summed E-state index contributed by atoms with van der Waals surface area (Å²) in [5.74, 6) is 1.03. The fourth-order valence-electron chi connectivity index (χ4n) is 19.2. The topological polar surface area (TPSA) is 322 Å². The molecule has 7 aliphatic rings. The predicted molar refractivity (Wildman–Crippen MR) is 539 cm³/mol. The molecule has 12 aromatic rings. The van der Waals surface area contributed by atoms with E-state index in [1.807, 2.05) is 66.1 Å². The van der Waals surface area contributed by atoms with E-state index in [2.05, 4.69) is 129 Å². The summed E-state index contributed by atoms with van der Waals surface area (Å²) >= 11 is 17.9. The largest absolute Gasteiger partial charge is 0.416 e. The first-order valence-corrected chi connectivity index (χ1v) is 49.8. The SMILES string of the molecule is CC(=O)c1ccn(C(=O)N2CCC(OCc3cc(C)cc(Cl)c3)CC2)n1.CC(=O)c1ccn(C(=O)N2CCC(OCc3cc(Cl)ccc3C(F)(F)F)CC2)n1.CC(=O)c1ccn(C(=O)N2CCC(OCc3ccc(Cl)c(C)c3)CC2)n1.CC(=O)c1ccn(C(=O)N2C[C@H]3CC(OCc4cccc(-c5ccccc5)c4)C[C@H]3C2)n1.CC(=O)c1ccn(C(=O)N2C[C@H]3CC(OCc4cccc(-c5ccccc5)c4)C[C@H]3C2)n1. The predicted octanol–water partition coefficient (Wildman–Crippen LogP) is 21.1. The Kier molecular flexibility index (Phi) is 35.9. The van der Waals surface area contributed by atoms with Crippen LogP contribution in [0.2, 0.25) is 15.1 Å². The highest BCUT2D eigenvalue weighted by atomic mass is 35.5. The summed E-state index contributed by atoms with van der Waals surface area (Å²) in [4.78, 5) is 128. The second-order valence-corrected chi connectivity index (χ2v) is 39.0. The molecule has 10 heterocycles. The average molecular weight is 2040 g/mol. The number of piperidine rings is 3. The molecule has 19 rings (SSSR count). The van der Waals surface area contributed by atoms with Crippen molar-refractivity contribution >= 4 is 93.9 Å². The highest BCUT2D eigenvalue weighted by Crippen LogP contribution is 2.43. The van der Waals surface area contributed by atoms with Gasteiger partial charge in [-0.05, 0) is 242 Å². The highest BCUT2D eigenvalue weighted by Gasteiger charge is 2.46. The number of carbonyl (C=O) groups is 10. The van der Waals surface area contributed by atoms with Gasteiger partial charge in [0.2, 0.25) is 0 Å². The normalized spacial score (nSPS) is 18.4. The number of fused-ring (bicyclic) bond motifs is 2. The van der Waals surface area contributed by atoms with Crippen molar-refractivity contribution in [1.82, 2.24) is 73.4 Å². The minimum atomic E-state index is -4.48. The number of hydrogen-bond donors (Lipinski definition) is 0. The molecule has 0 radical (unpaired) electrons. The van der Waals surface area contributed by atoms with Crippen LogP contribution in [-0.4, -0.2) is 228 Å². The molecule has 5 aliphatic heterocycles. The number of hydrogen-bond acceptors (Lipinski definition) is 20. The van der Waals surface area contributed by atoms with Gasteiger partial charge in [0.15, 0.2) is 28.9 Å². The zero-order valence-corrected chi connectivity index (χ0v) is 84.1. The van der Waals surface area contributed by atoms with Crippen LogP contribution in [0.25, 0.3) is 22.3 Å². The standard InChI is InChI=1S/2C26H27N3O3.C19H19ClF3N3O3.2C19H22ClN3O3/c2*1-18(30)25-10-11-29(27-25)26(31)28-15-22-13-24(14-23(22)16-28)32-17-19-6-5-9-21(12-19)20-7-3-2-4-8-20;1-12(27)17-6-9-26(24-17)18(28)25-7-4-15(5-8-25)29-11-13-10-14(20)2-3-16(13)19(21,22)23;1-13-9-15(11-16(20)10-13)12-26-17-3-6-22(7-4-17)19(25)23-8-5-18(21-23)14(2)24;1-13-11-15(3-4-17(13)20)12-26-16-5-8-22(9-6-16)19(25)23-10-7-18(21-23)14(2)24/h2*2-12,22-24H,13-17H2,1H3;2-3,6,9-10,15H,4-5,7-8,11H2,1H3;5,8-11,17H,3-4,6-7,12H2,1-2H3;3-4,7,10-11,16H,5-6,8-9,12H2,1-2H3/t2*22-,23+,24?;;;. The van der Waals surface area contributed by atoms with Crippen molar-refractivity contribution in [3.63, 3.8) is 0 Å². The maximum Gasteiger partial charge on any atom is 0.416 e. The third-order valence-corrected chi connectivity index (χ3v) is 27.9. The number of rotatable bonds is 22. The molecular formula is C109H117Cl3F3N15O15. The second-order valence-electron chi connectivity index (χ2n) is 37.7. The Hall–Kier alpha value is -13.3. The van der Waals surface area contributed by atoms with Gasteiger partial charge in [0, 0.05) is 146 Å². The van der Waals surface area contributed by atoms with Gasteiger partial charge in [-0.2, -0.15) is 62.1 Å². The van der Waals surface area contributed by atoms with Crippen LogP contribution in [0.3, 0.4) is 0 Å². The van der Waals surface area contributed by atoms with Gasteiger partial charge in [-0.1, -0.05) is 150 Å². The molecule has 30 nitrogen and oxygen atoms in total. The molecule has 7 aromatic carbocycles. The van der Waals surface area contributed by atoms with Crippen LogP contribution in [0.5, 0.6) is 0 Å². The molecule has 0 spiro atoms. The fraction of sp³-hybridized carbons (Fsp3) is 0.385. The lowest BCUT2D eigenvalue weighted by Gasteiger charge is -2.31. The van der Waals surface area contributed by atoms with Gasteiger partial charge in [-0.25, -0.2) is 24.0 Å². The Bertz CT molecular complexity index is 6350. The number of halogens is 6. The van der Waals surface area contributed by atoms with Gasteiger partial charge in [0.25, 0.3) is 0 Å². The number of nitrogens with zero attached hydrogens (tertiary/aromatic N) is 15. The first-order chi connectivity index (χ1) is 69.6. The first-order valence-electron chi connectivity index (χ1n) is 48.7. The van der Waals surface area contributed by atoms with Crippen molar-refractivity contribution in [2.75, 3.05) is 65.4 Å². The minimum Gasteiger partial charge on any atom is -0.374 e. The molecule has 2 aliphatic carbocycles. The van der Waals surface area contributed by atoms with Crippen LogP contribution >= 0.6 is 34.8 Å². The molecule has 760 valence electrons. The van der Waals surface area contributed by atoms with Gasteiger partial charge in [0.05, 0.1) is 69.1 Å². The molecule has 6 atom stereocenters. The number of aromatic nitrogens is 10. The van der Waals surface area contributed by atoms with Gasteiger partial charge in [-0.15, -0.1) is 0 Å². The van der Waals surface area contributed by atoms with Crippen LogP contribution in [0, 0.1) is 37.5 Å². The summed E-state index contributed by atoms with van der Waals surface area (Å²) in [6.07, 6.45) is 11.5. The summed E-state index contributed by atoms with van der Waals surface area (Å²) in [7, 11) is 0. The number of benzene rings is 7. The molecule has 5 amide bonds. The van der Waals surface area contributed by atoms with E-state index in [4.69, 9.17) is 58.5 Å². The Labute approximate surface area is 853 Å². The summed E-state index contributed by atoms with van der Waals surface area (Å²) in [5.41, 5.74) is 12.2. The Morgan fingerprint density at radius 3 is 0.959 bits per heavy atom. The number of likely N-dealkylation sites (tertiary alicyclic amines) is 5. The Morgan fingerprint density at radius 1 is 0.317 bits per heavy atom. The van der Waals surface area contributed by atoms with Crippen molar-refractivity contribution in [2.45, 2.75) is 182 Å². The van der Waals surface area contributed by atoms with E-state index in [0.717, 1.165) is 116 Å². The maximum absolute atomic E-state index is 13.1. The van der Waals surface area contributed by atoms with E-state index >= 15 is 0 Å². The van der Waals surface area contributed by atoms with E-state index in [1.54, 1.807) is 51.4 Å². The zero-order chi connectivity index (χ0) is 103. The van der Waals surface area contributed by atoms with E-state index in [1.165, 1.54) is 124 Å². The number of aryl methyl sites for hydroxylation is 2. The van der Waals surface area contributed by atoms with Crippen LogP contribution in [0.4, 0.5) is 37.1 Å². The number of ether oxygens (including phenoxy) is 5. The van der Waals surface area contributed by atoms with Crippen molar-refractivity contribution in [3.8, 4) is 22.3 Å². The van der Waals surface area contributed by atoms with Crippen molar-refractivity contribution in [3.05, 3.63) is 313 Å². The molecule has 36 heteroatoms. The summed E-state index contributed by atoms with van der Waals surface area (Å²) in [6, 6.07) is 59.7. The molecule has 2 unspecified atom stereocenters.